The van der Waals surface area contributed by atoms with Crippen LogP contribution in [-0.4, -0.2) is 4.57 Å². The quantitative estimate of drug-likeness (QED) is 0.816. The summed E-state index contributed by atoms with van der Waals surface area (Å²) in [7, 11) is 1.81. The SMILES string of the molecule is Cc1ccc2cc(C(C)N)c(=O)n(C)c2c1C. The predicted molar refractivity (Wildman–Crippen MR) is 71.3 cm³/mol. The molecule has 0 aliphatic carbocycles. The van der Waals surface area contributed by atoms with Crippen molar-refractivity contribution in [3.05, 3.63) is 45.2 Å². The Labute approximate surface area is 101 Å². The average molecular weight is 230 g/mol. The predicted octanol–water partition coefficient (Wildman–Crippen LogP) is 2.18. The van der Waals surface area contributed by atoms with Gasteiger partial charge in [-0.3, -0.25) is 4.79 Å². The summed E-state index contributed by atoms with van der Waals surface area (Å²) in [5.74, 6) is 0. The lowest BCUT2D eigenvalue weighted by Gasteiger charge is -2.14. The number of hydrogen-bond donors (Lipinski definition) is 1. The molecule has 1 unspecified atom stereocenters. The number of aromatic nitrogens is 1. The van der Waals surface area contributed by atoms with Gasteiger partial charge >= 0.3 is 0 Å². The molecule has 0 spiro atoms. The highest BCUT2D eigenvalue weighted by molar-refractivity contribution is 5.83. The van der Waals surface area contributed by atoms with Gasteiger partial charge in [-0.2, -0.15) is 0 Å². The van der Waals surface area contributed by atoms with Crippen LogP contribution in [0, 0.1) is 13.8 Å². The van der Waals surface area contributed by atoms with E-state index >= 15 is 0 Å². The van der Waals surface area contributed by atoms with E-state index in [-0.39, 0.29) is 11.6 Å². The molecule has 2 aromatic rings. The normalized spacial score (nSPS) is 13.0. The highest BCUT2D eigenvalue weighted by Gasteiger charge is 2.11. The largest absolute Gasteiger partial charge is 0.324 e. The van der Waals surface area contributed by atoms with Gasteiger partial charge < -0.3 is 10.3 Å². The highest BCUT2D eigenvalue weighted by Crippen LogP contribution is 2.21. The monoisotopic (exact) mass is 230 g/mol. The molecular formula is C14H18N2O. The minimum atomic E-state index is -0.236. The van der Waals surface area contributed by atoms with Crippen molar-refractivity contribution in [3.8, 4) is 0 Å². The van der Waals surface area contributed by atoms with Crippen LogP contribution in [0.2, 0.25) is 0 Å². The zero-order chi connectivity index (χ0) is 12.7. The first kappa shape index (κ1) is 11.9. The number of aryl methyl sites for hydroxylation is 3. The molecule has 2 rings (SSSR count). The first-order valence-electron chi connectivity index (χ1n) is 5.79. The van der Waals surface area contributed by atoms with E-state index in [2.05, 4.69) is 13.0 Å². The molecule has 0 radical (unpaired) electrons. The zero-order valence-electron chi connectivity index (χ0n) is 10.7. The first-order chi connectivity index (χ1) is 7.93. The molecule has 0 aliphatic rings. The third kappa shape index (κ3) is 1.76. The van der Waals surface area contributed by atoms with Crippen LogP contribution in [0.3, 0.4) is 0 Å². The van der Waals surface area contributed by atoms with Crippen LogP contribution in [-0.2, 0) is 7.05 Å². The summed E-state index contributed by atoms with van der Waals surface area (Å²) in [6.07, 6.45) is 0. The Balaban J connectivity index is 2.96. The molecule has 1 atom stereocenters. The van der Waals surface area contributed by atoms with Crippen molar-refractivity contribution in [1.82, 2.24) is 4.57 Å². The standard InChI is InChI=1S/C14H18N2O/c1-8-5-6-11-7-12(10(3)15)14(17)16(4)13(11)9(8)2/h5-7,10H,15H2,1-4H3. The lowest BCUT2D eigenvalue weighted by atomic mass is 10.0. The maximum atomic E-state index is 12.2. The molecule has 0 saturated heterocycles. The smallest absolute Gasteiger partial charge is 0.255 e. The van der Waals surface area contributed by atoms with Crippen LogP contribution in [0.4, 0.5) is 0 Å². The van der Waals surface area contributed by atoms with Gasteiger partial charge in [-0.25, -0.2) is 0 Å². The summed E-state index contributed by atoms with van der Waals surface area (Å²) in [6.45, 7) is 5.94. The van der Waals surface area contributed by atoms with Gasteiger partial charge in [-0.1, -0.05) is 12.1 Å². The maximum absolute atomic E-state index is 12.2. The summed E-state index contributed by atoms with van der Waals surface area (Å²) in [5, 5.41) is 1.07. The van der Waals surface area contributed by atoms with Gasteiger partial charge in [-0.05, 0) is 43.4 Å². The van der Waals surface area contributed by atoms with Gasteiger partial charge in [0.25, 0.3) is 5.56 Å². The summed E-state index contributed by atoms with van der Waals surface area (Å²) < 4.78 is 1.70. The molecule has 0 saturated carbocycles. The average Bonchev–Trinajstić information content (AvgIpc) is 2.27. The van der Waals surface area contributed by atoms with E-state index in [9.17, 15) is 4.79 Å². The van der Waals surface area contributed by atoms with Crippen molar-refractivity contribution in [1.29, 1.82) is 0 Å². The summed E-state index contributed by atoms with van der Waals surface area (Å²) in [6, 6.07) is 5.80. The maximum Gasteiger partial charge on any atom is 0.255 e. The fourth-order valence-corrected chi connectivity index (χ4v) is 2.23. The summed E-state index contributed by atoms with van der Waals surface area (Å²) >= 11 is 0. The second-order valence-corrected chi connectivity index (χ2v) is 4.70. The number of rotatable bonds is 1. The van der Waals surface area contributed by atoms with Crippen molar-refractivity contribution in [3.63, 3.8) is 0 Å². The number of hydrogen-bond acceptors (Lipinski definition) is 2. The Morgan fingerprint density at radius 2 is 1.94 bits per heavy atom. The van der Waals surface area contributed by atoms with E-state index in [1.54, 1.807) is 4.57 Å². The first-order valence-corrected chi connectivity index (χ1v) is 5.79. The van der Waals surface area contributed by atoms with Crippen molar-refractivity contribution >= 4 is 10.9 Å². The summed E-state index contributed by atoms with van der Waals surface area (Å²) in [5.41, 5.74) is 9.85. The third-order valence-electron chi connectivity index (χ3n) is 3.42. The molecule has 2 N–H and O–H groups in total. The van der Waals surface area contributed by atoms with E-state index in [1.807, 2.05) is 33.0 Å². The van der Waals surface area contributed by atoms with E-state index in [0.29, 0.717) is 5.56 Å². The Hall–Kier alpha value is -1.61. The van der Waals surface area contributed by atoms with Crippen LogP contribution >= 0.6 is 0 Å². The molecular weight excluding hydrogens is 212 g/mol. The zero-order valence-corrected chi connectivity index (χ0v) is 10.7. The van der Waals surface area contributed by atoms with Crippen LogP contribution < -0.4 is 11.3 Å². The van der Waals surface area contributed by atoms with Gasteiger partial charge in [0.15, 0.2) is 0 Å². The third-order valence-corrected chi connectivity index (χ3v) is 3.42. The lowest BCUT2D eigenvalue weighted by Crippen LogP contribution is -2.26. The lowest BCUT2D eigenvalue weighted by molar-refractivity contribution is 0.771. The van der Waals surface area contributed by atoms with Crippen LogP contribution in [0.15, 0.2) is 23.0 Å². The van der Waals surface area contributed by atoms with E-state index < -0.39 is 0 Å². The molecule has 0 amide bonds. The van der Waals surface area contributed by atoms with Gasteiger partial charge in [0.2, 0.25) is 0 Å². The second-order valence-electron chi connectivity index (χ2n) is 4.70. The molecule has 1 heterocycles. The van der Waals surface area contributed by atoms with E-state index in [0.717, 1.165) is 16.5 Å². The Bertz CT molecular complexity index is 639. The van der Waals surface area contributed by atoms with Gasteiger partial charge in [0.1, 0.15) is 0 Å². The van der Waals surface area contributed by atoms with Gasteiger partial charge in [0, 0.05) is 18.7 Å². The minimum Gasteiger partial charge on any atom is -0.324 e. The van der Waals surface area contributed by atoms with Crippen LogP contribution in [0.1, 0.15) is 29.7 Å². The van der Waals surface area contributed by atoms with Crippen LogP contribution in [0.5, 0.6) is 0 Å². The van der Waals surface area contributed by atoms with Crippen molar-refractivity contribution in [2.75, 3.05) is 0 Å². The number of nitrogens with zero attached hydrogens (tertiary/aromatic N) is 1. The molecule has 90 valence electrons. The fourth-order valence-electron chi connectivity index (χ4n) is 2.23. The number of fused-ring (bicyclic) bond motifs is 1. The van der Waals surface area contributed by atoms with Gasteiger partial charge in [-0.15, -0.1) is 0 Å². The number of pyridine rings is 1. The Kier molecular flexibility index (Phi) is 2.79. The van der Waals surface area contributed by atoms with Crippen molar-refractivity contribution in [2.45, 2.75) is 26.8 Å². The molecule has 0 aliphatic heterocycles. The Morgan fingerprint density at radius 3 is 2.53 bits per heavy atom. The van der Waals surface area contributed by atoms with Crippen LogP contribution in [0.25, 0.3) is 10.9 Å². The molecule has 0 bridgehead atoms. The second kappa shape index (κ2) is 4.00. The minimum absolute atomic E-state index is 0.00111. The van der Waals surface area contributed by atoms with E-state index in [1.165, 1.54) is 5.56 Å². The van der Waals surface area contributed by atoms with E-state index in [4.69, 9.17) is 5.73 Å². The highest BCUT2D eigenvalue weighted by atomic mass is 16.1. The molecule has 0 fully saturated rings. The molecule has 1 aromatic carbocycles. The molecule has 17 heavy (non-hydrogen) atoms. The van der Waals surface area contributed by atoms with Gasteiger partial charge in [0.05, 0.1) is 5.52 Å². The fraction of sp³-hybridized carbons (Fsp3) is 0.357. The number of nitrogens with two attached hydrogens (primary N) is 1. The summed E-state index contributed by atoms with van der Waals surface area (Å²) in [4.78, 5) is 12.2. The molecule has 3 nitrogen and oxygen atoms in total. The molecule has 1 aromatic heterocycles. The van der Waals surface area contributed by atoms with Crippen molar-refractivity contribution < 1.29 is 0 Å². The Morgan fingerprint density at radius 1 is 1.29 bits per heavy atom. The topological polar surface area (TPSA) is 48.0 Å². The molecule has 3 heteroatoms. The van der Waals surface area contributed by atoms with Crippen molar-refractivity contribution in [2.24, 2.45) is 12.8 Å². The number of benzene rings is 1.